The second kappa shape index (κ2) is 12.0. The van der Waals surface area contributed by atoms with Crippen molar-refractivity contribution in [2.75, 3.05) is 6.54 Å². The van der Waals surface area contributed by atoms with Crippen molar-refractivity contribution in [2.45, 2.75) is 45.2 Å². The number of halogens is 1. The van der Waals surface area contributed by atoms with Gasteiger partial charge >= 0.3 is 0 Å². The summed E-state index contributed by atoms with van der Waals surface area (Å²) in [5.41, 5.74) is 2.42. The van der Waals surface area contributed by atoms with E-state index in [1.807, 2.05) is 67.6 Å². The maximum atomic E-state index is 14.4. The summed E-state index contributed by atoms with van der Waals surface area (Å²) in [5.74, 6) is -0.999. The van der Waals surface area contributed by atoms with Gasteiger partial charge in [0, 0.05) is 31.0 Å². The smallest absolute Gasteiger partial charge is 0.242 e. The minimum Gasteiger partial charge on any atom is -0.354 e. The number of carbonyl (C=O) groups is 2. The molecule has 2 amide bonds. The van der Waals surface area contributed by atoms with Crippen LogP contribution in [0.15, 0.2) is 84.9 Å². The fourth-order valence-corrected chi connectivity index (χ4v) is 3.88. The Hall–Kier alpha value is -3.47. The minimum absolute atomic E-state index is 0.0303. The molecular weight excluding hydrogens is 415 g/mol. The highest BCUT2D eigenvalue weighted by Crippen LogP contribution is 2.29. The van der Waals surface area contributed by atoms with Crippen molar-refractivity contribution in [3.8, 4) is 0 Å². The molecule has 172 valence electrons. The van der Waals surface area contributed by atoms with Gasteiger partial charge in [-0.3, -0.25) is 9.59 Å². The van der Waals surface area contributed by atoms with E-state index >= 15 is 0 Å². The second-order valence-electron chi connectivity index (χ2n) is 8.16. The summed E-state index contributed by atoms with van der Waals surface area (Å²) in [6.07, 6.45) is 0.970. The van der Waals surface area contributed by atoms with Crippen LogP contribution < -0.4 is 5.32 Å². The lowest BCUT2D eigenvalue weighted by molar-refractivity contribution is -0.140. The molecule has 4 nitrogen and oxygen atoms in total. The van der Waals surface area contributed by atoms with E-state index in [0.717, 1.165) is 17.5 Å². The van der Waals surface area contributed by atoms with Gasteiger partial charge in [-0.1, -0.05) is 85.8 Å². The zero-order valence-corrected chi connectivity index (χ0v) is 19.2. The van der Waals surface area contributed by atoms with Crippen molar-refractivity contribution in [3.05, 3.63) is 107 Å². The van der Waals surface area contributed by atoms with Gasteiger partial charge in [0.25, 0.3) is 0 Å². The molecule has 33 heavy (non-hydrogen) atoms. The Morgan fingerprint density at radius 1 is 0.879 bits per heavy atom. The highest BCUT2D eigenvalue weighted by Gasteiger charge is 2.29. The SMILES string of the molecule is CCCNC(=O)[C@H](C)N(Cc1ccccc1F)C(=O)CC(c1ccccc1)c1ccccc1. The molecular formula is C28H31FN2O2. The Kier molecular flexibility index (Phi) is 8.76. The predicted molar refractivity (Wildman–Crippen MR) is 129 cm³/mol. The van der Waals surface area contributed by atoms with Crippen LogP contribution in [0.5, 0.6) is 0 Å². The van der Waals surface area contributed by atoms with Crippen LogP contribution in [-0.2, 0) is 16.1 Å². The van der Waals surface area contributed by atoms with Crippen LogP contribution in [0.3, 0.4) is 0 Å². The van der Waals surface area contributed by atoms with Crippen molar-refractivity contribution in [3.63, 3.8) is 0 Å². The maximum absolute atomic E-state index is 14.4. The molecule has 0 heterocycles. The molecule has 0 aliphatic heterocycles. The van der Waals surface area contributed by atoms with E-state index < -0.39 is 6.04 Å². The number of benzene rings is 3. The van der Waals surface area contributed by atoms with Gasteiger partial charge in [0.15, 0.2) is 0 Å². The lowest BCUT2D eigenvalue weighted by Crippen LogP contribution is -2.48. The largest absolute Gasteiger partial charge is 0.354 e. The van der Waals surface area contributed by atoms with Gasteiger partial charge in [-0.15, -0.1) is 0 Å². The first-order valence-corrected chi connectivity index (χ1v) is 11.4. The minimum atomic E-state index is -0.726. The Labute approximate surface area is 195 Å². The number of rotatable bonds is 10. The molecule has 5 heteroatoms. The van der Waals surface area contributed by atoms with Gasteiger partial charge in [0.2, 0.25) is 11.8 Å². The predicted octanol–water partition coefficient (Wildman–Crippen LogP) is 5.29. The van der Waals surface area contributed by atoms with Crippen LogP contribution in [0.25, 0.3) is 0 Å². The molecule has 1 N–H and O–H groups in total. The van der Waals surface area contributed by atoms with E-state index in [9.17, 15) is 14.0 Å². The Balaban J connectivity index is 1.91. The van der Waals surface area contributed by atoms with E-state index in [2.05, 4.69) is 5.32 Å². The molecule has 1 atom stereocenters. The number of hydrogen-bond donors (Lipinski definition) is 1. The first-order valence-electron chi connectivity index (χ1n) is 11.4. The van der Waals surface area contributed by atoms with Crippen LogP contribution in [0.1, 0.15) is 49.3 Å². The average molecular weight is 447 g/mol. The van der Waals surface area contributed by atoms with Gasteiger partial charge in [-0.05, 0) is 30.5 Å². The number of nitrogens with one attached hydrogen (secondary N) is 1. The van der Waals surface area contributed by atoms with Crippen LogP contribution in [0.2, 0.25) is 0 Å². The van der Waals surface area contributed by atoms with Crippen molar-refractivity contribution < 1.29 is 14.0 Å². The van der Waals surface area contributed by atoms with Gasteiger partial charge in [0.1, 0.15) is 11.9 Å². The molecule has 3 aromatic rings. The lowest BCUT2D eigenvalue weighted by atomic mass is 9.88. The number of amides is 2. The molecule has 0 bridgehead atoms. The highest BCUT2D eigenvalue weighted by atomic mass is 19.1. The van der Waals surface area contributed by atoms with Crippen LogP contribution in [0.4, 0.5) is 4.39 Å². The number of hydrogen-bond acceptors (Lipinski definition) is 2. The van der Waals surface area contributed by atoms with Crippen molar-refractivity contribution in [2.24, 2.45) is 0 Å². The highest BCUT2D eigenvalue weighted by molar-refractivity contribution is 5.87. The number of nitrogens with zero attached hydrogens (tertiary/aromatic N) is 1. The quantitative estimate of drug-likeness (QED) is 0.460. The van der Waals surface area contributed by atoms with Gasteiger partial charge in [-0.25, -0.2) is 4.39 Å². The van der Waals surface area contributed by atoms with E-state index in [4.69, 9.17) is 0 Å². The molecule has 0 unspecified atom stereocenters. The summed E-state index contributed by atoms with van der Waals surface area (Å²) in [7, 11) is 0. The van der Waals surface area contributed by atoms with Crippen molar-refractivity contribution >= 4 is 11.8 Å². The number of carbonyl (C=O) groups excluding carboxylic acids is 2. The van der Waals surface area contributed by atoms with Gasteiger partial charge < -0.3 is 10.2 Å². The van der Waals surface area contributed by atoms with Crippen LogP contribution in [-0.4, -0.2) is 29.3 Å². The van der Waals surface area contributed by atoms with Crippen molar-refractivity contribution in [1.82, 2.24) is 10.2 Å². The summed E-state index contributed by atoms with van der Waals surface area (Å²) >= 11 is 0. The zero-order chi connectivity index (χ0) is 23.6. The monoisotopic (exact) mass is 446 g/mol. The standard InChI is InChI=1S/C28H31FN2O2/c1-3-18-30-28(33)21(2)31(20-24-16-10-11-17-26(24)29)27(32)19-25(22-12-6-4-7-13-22)23-14-8-5-9-15-23/h4-17,21,25H,3,18-20H2,1-2H3,(H,30,33)/t21-/m0/s1. The third-order valence-corrected chi connectivity index (χ3v) is 5.80. The lowest BCUT2D eigenvalue weighted by Gasteiger charge is -2.30. The third kappa shape index (κ3) is 6.51. The molecule has 3 aromatic carbocycles. The molecule has 0 aliphatic rings. The first kappa shape index (κ1) is 24.2. The first-order chi connectivity index (χ1) is 16.0. The molecule has 0 aromatic heterocycles. The third-order valence-electron chi connectivity index (χ3n) is 5.80. The molecule has 3 rings (SSSR count). The Morgan fingerprint density at radius 2 is 1.42 bits per heavy atom. The van der Waals surface area contributed by atoms with Crippen LogP contribution >= 0.6 is 0 Å². The molecule has 0 radical (unpaired) electrons. The maximum Gasteiger partial charge on any atom is 0.242 e. The van der Waals surface area contributed by atoms with Gasteiger partial charge in [0.05, 0.1) is 0 Å². The fraction of sp³-hybridized carbons (Fsp3) is 0.286. The summed E-state index contributed by atoms with van der Waals surface area (Å²) in [6, 6.07) is 25.4. The van der Waals surface area contributed by atoms with Crippen LogP contribution in [0, 0.1) is 5.82 Å². The topological polar surface area (TPSA) is 49.4 Å². The second-order valence-corrected chi connectivity index (χ2v) is 8.16. The summed E-state index contributed by atoms with van der Waals surface area (Å²) in [6.45, 7) is 4.23. The summed E-state index contributed by atoms with van der Waals surface area (Å²) < 4.78 is 14.4. The van der Waals surface area contributed by atoms with Crippen molar-refractivity contribution in [1.29, 1.82) is 0 Å². The van der Waals surface area contributed by atoms with E-state index in [1.54, 1.807) is 25.1 Å². The molecule has 0 aliphatic carbocycles. The molecule has 0 saturated carbocycles. The Morgan fingerprint density at radius 3 is 1.97 bits per heavy atom. The average Bonchev–Trinajstić information content (AvgIpc) is 2.85. The Bertz CT molecular complexity index is 1000. The van der Waals surface area contributed by atoms with E-state index in [1.165, 1.54) is 11.0 Å². The molecule has 0 spiro atoms. The van der Waals surface area contributed by atoms with E-state index in [-0.39, 0.29) is 36.5 Å². The summed E-state index contributed by atoms with van der Waals surface area (Å²) in [5, 5.41) is 2.86. The van der Waals surface area contributed by atoms with E-state index in [0.29, 0.717) is 12.1 Å². The molecule has 0 fully saturated rings. The molecule has 0 saturated heterocycles. The van der Waals surface area contributed by atoms with Gasteiger partial charge in [-0.2, -0.15) is 0 Å². The zero-order valence-electron chi connectivity index (χ0n) is 19.2. The summed E-state index contributed by atoms with van der Waals surface area (Å²) in [4.78, 5) is 27.9. The normalized spacial score (nSPS) is 11.8. The fourth-order valence-electron chi connectivity index (χ4n) is 3.88.